The molecule has 0 rings (SSSR count). The maximum atomic E-state index is 13.3. The molecule has 0 radical (unpaired) electrons. The van der Waals surface area contributed by atoms with Crippen LogP contribution in [0.4, 0.5) is 57.1 Å². The third-order valence-electron chi connectivity index (χ3n) is 3.16. The fraction of sp³-hybridized carbons (Fsp3) is 0.917. The first kappa shape index (κ1) is 26.1. The van der Waals surface area contributed by atoms with E-state index in [0.29, 0.717) is 11.8 Å². The quantitative estimate of drug-likeness (QED) is 0.308. The molecule has 0 saturated carbocycles. The van der Waals surface area contributed by atoms with Crippen LogP contribution in [0, 0.1) is 0 Å². The standard InChI is InChI=1S/C12H11F13OS/c1-6(26)2-4-27-5-3-7(13,14)8(15,16)9(17,18)10(19,20)11(21,22)12(23,24)25/h2-5H2,1H3. The van der Waals surface area contributed by atoms with Gasteiger partial charge in [0.25, 0.3) is 0 Å². The largest absolute Gasteiger partial charge is 0.460 e. The molecule has 162 valence electrons. The molecule has 0 aliphatic rings. The number of carbonyl (C=O) groups excluding carboxylic acids is 1. The highest BCUT2D eigenvalue weighted by Gasteiger charge is 2.90. The van der Waals surface area contributed by atoms with Crippen LogP contribution < -0.4 is 0 Å². The van der Waals surface area contributed by atoms with Crippen LogP contribution in [0.15, 0.2) is 0 Å². The number of thioether (sulfide) groups is 1. The van der Waals surface area contributed by atoms with E-state index in [0.717, 1.165) is 6.92 Å². The minimum Gasteiger partial charge on any atom is -0.300 e. The summed E-state index contributed by atoms with van der Waals surface area (Å²) in [6.45, 7) is 1.08. The van der Waals surface area contributed by atoms with E-state index in [1.165, 1.54) is 0 Å². The lowest BCUT2D eigenvalue weighted by atomic mass is 9.93. The summed E-state index contributed by atoms with van der Waals surface area (Å²) in [6.07, 6.45) is -9.88. The molecule has 0 atom stereocenters. The SMILES string of the molecule is CC(=O)CCSCCC(F)(F)C(F)(F)C(F)(F)C(F)(F)C(F)(F)C(F)(F)F. The molecule has 0 aliphatic heterocycles. The summed E-state index contributed by atoms with van der Waals surface area (Å²) < 4.78 is 166. The van der Waals surface area contributed by atoms with E-state index in [-0.39, 0.29) is 12.2 Å². The van der Waals surface area contributed by atoms with Crippen molar-refractivity contribution in [3.63, 3.8) is 0 Å². The van der Waals surface area contributed by atoms with E-state index in [1.54, 1.807) is 0 Å². The maximum Gasteiger partial charge on any atom is 0.460 e. The number of ketones is 1. The van der Waals surface area contributed by atoms with Crippen LogP contribution in [0.5, 0.6) is 0 Å². The van der Waals surface area contributed by atoms with E-state index < -0.39 is 53.7 Å². The Hall–Kier alpha value is -0.890. The normalized spacial score (nSPS) is 15.2. The van der Waals surface area contributed by atoms with Crippen molar-refractivity contribution in [1.82, 2.24) is 0 Å². The Balaban J connectivity index is 5.58. The van der Waals surface area contributed by atoms with E-state index >= 15 is 0 Å². The summed E-state index contributed by atoms with van der Waals surface area (Å²) in [5.41, 5.74) is 0. The van der Waals surface area contributed by atoms with Crippen molar-refractivity contribution in [2.24, 2.45) is 0 Å². The van der Waals surface area contributed by atoms with Crippen LogP contribution in [-0.4, -0.2) is 53.1 Å². The lowest BCUT2D eigenvalue weighted by molar-refractivity contribution is -0.439. The number of halogens is 13. The Bertz CT molecular complexity index is 526. The molecule has 0 heterocycles. The van der Waals surface area contributed by atoms with Gasteiger partial charge in [-0.2, -0.15) is 68.8 Å². The average molecular weight is 450 g/mol. The second kappa shape index (κ2) is 7.85. The molecule has 0 amide bonds. The lowest BCUT2D eigenvalue weighted by Crippen LogP contribution is -2.70. The number of carbonyl (C=O) groups is 1. The van der Waals surface area contributed by atoms with Gasteiger partial charge in [-0.1, -0.05) is 0 Å². The van der Waals surface area contributed by atoms with Gasteiger partial charge < -0.3 is 0 Å². The molecule has 0 fully saturated rings. The van der Waals surface area contributed by atoms with Gasteiger partial charge in [0.15, 0.2) is 0 Å². The van der Waals surface area contributed by atoms with Gasteiger partial charge in [-0.25, -0.2) is 0 Å². The van der Waals surface area contributed by atoms with Crippen molar-refractivity contribution in [2.45, 2.75) is 55.6 Å². The van der Waals surface area contributed by atoms with Crippen molar-refractivity contribution >= 4 is 17.5 Å². The zero-order valence-electron chi connectivity index (χ0n) is 13.1. The monoisotopic (exact) mass is 450 g/mol. The van der Waals surface area contributed by atoms with Gasteiger partial charge in [-0.15, -0.1) is 0 Å². The first-order valence-electron chi connectivity index (χ1n) is 6.70. The fourth-order valence-corrected chi connectivity index (χ4v) is 2.51. The van der Waals surface area contributed by atoms with Crippen LogP contribution in [0.3, 0.4) is 0 Å². The first-order chi connectivity index (χ1) is 11.7. The minimum atomic E-state index is -7.87. The zero-order valence-corrected chi connectivity index (χ0v) is 13.9. The first-order valence-corrected chi connectivity index (χ1v) is 7.85. The molecular weight excluding hydrogens is 439 g/mol. The highest BCUT2D eigenvalue weighted by atomic mass is 32.2. The van der Waals surface area contributed by atoms with Crippen LogP contribution in [0.2, 0.25) is 0 Å². The Kier molecular flexibility index (Phi) is 7.60. The predicted octanol–water partition coefficient (Wildman–Crippen LogP) is 5.83. The van der Waals surface area contributed by atoms with Gasteiger partial charge in [0.2, 0.25) is 0 Å². The van der Waals surface area contributed by atoms with Crippen LogP contribution in [0.25, 0.3) is 0 Å². The minimum absolute atomic E-state index is 0.224. The van der Waals surface area contributed by atoms with E-state index in [2.05, 4.69) is 0 Å². The maximum absolute atomic E-state index is 13.3. The number of hydrogen-bond donors (Lipinski definition) is 0. The summed E-state index contributed by atoms with van der Waals surface area (Å²) in [7, 11) is 0. The summed E-state index contributed by atoms with van der Waals surface area (Å²) in [5.74, 6) is -38.4. The molecule has 1 nitrogen and oxygen atoms in total. The number of Topliss-reactive ketones (excluding diaryl/α,β-unsaturated/α-hetero) is 1. The van der Waals surface area contributed by atoms with Crippen molar-refractivity contribution < 1.29 is 61.9 Å². The summed E-state index contributed by atoms with van der Waals surface area (Å²) >= 11 is 0.358. The molecule has 0 aromatic carbocycles. The van der Waals surface area contributed by atoms with E-state index in [1.807, 2.05) is 0 Å². The molecule has 0 aromatic rings. The average Bonchev–Trinajstić information content (AvgIpc) is 2.44. The van der Waals surface area contributed by atoms with Gasteiger partial charge in [-0.3, -0.25) is 4.79 Å². The highest BCUT2D eigenvalue weighted by Crippen LogP contribution is 2.60. The molecule has 0 aromatic heterocycles. The molecule has 0 saturated heterocycles. The molecule has 0 aliphatic carbocycles. The van der Waals surface area contributed by atoms with Gasteiger partial charge >= 0.3 is 35.8 Å². The van der Waals surface area contributed by atoms with Crippen LogP contribution in [-0.2, 0) is 4.79 Å². The van der Waals surface area contributed by atoms with Gasteiger partial charge in [0.1, 0.15) is 5.78 Å². The zero-order chi connectivity index (χ0) is 22.1. The van der Waals surface area contributed by atoms with Crippen LogP contribution >= 0.6 is 11.8 Å². The number of alkyl halides is 13. The Morgan fingerprint density at radius 2 is 1.07 bits per heavy atom. The third-order valence-corrected chi connectivity index (χ3v) is 4.14. The van der Waals surface area contributed by atoms with E-state index in [4.69, 9.17) is 0 Å². The number of rotatable bonds is 10. The summed E-state index contributed by atoms with van der Waals surface area (Å²) in [6, 6.07) is 0. The van der Waals surface area contributed by atoms with Crippen molar-refractivity contribution in [3.05, 3.63) is 0 Å². The lowest BCUT2D eigenvalue weighted by Gasteiger charge is -2.39. The molecule has 0 N–H and O–H groups in total. The predicted molar refractivity (Wildman–Crippen MR) is 68.0 cm³/mol. The fourth-order valence-electron chi connectivity index (χ4n) is 1.48. The molecular formula is C12H11F13OS. The third kappa shape index (κ3) is 4.75. The Labute approximate surface area is 147 Å². The summed E-state index contributed by atoms with van der Waals surface area (Å²) in [5, 5.41) is 0. The molecule has 0 spiro atoms. The highest BCUT2D eigenvalue weighted by molar-refractivity contribution is 7.99. The van der Waals surface area contributed by atoms with Crippen LogP contribution in [0.1, 0.15) is 19.8 Å². The van der Waals surface area contributed by atoms with E-state index in [9.17, 15) is 61.9 Å². The second-order valence-corrected chi connectivity index (χ2v) is 6.54. The molecule has 0 unspecified atom stereocenters. The molecule has 0 bridgehead atoms. The van der Waals surface area contributed by atoms with Crippen molar-refractivity contribution in [2.75, 3.05) is 11.5 Å². The van der Waals surface area contributed by atoms with Gasteiger partial charge in [0.05, 0.1) is 0 Å². The van der Waals surface area contributed by atoms with Crippen molar-refractivity contribution in [1.29, 1.82) is 0 Å². The second-order valence-electron chi connectivity index (χ2n) is 5.31. The smallest absolute Gasteiger partial charge is 0.300 e. The van der Waals surface area contributed by atoms with Gasteiger partial charge in [-0.05, 0) is 12.7 Å². The Morgan fingerprint density at radius 1 is 0.667 bits per heavy atom. The van der Waals surface area contributed by atoms with Gasteiger partial charge in [0, 0.05) is 18.6 Å². The Morgan fingerprint density at radius 3 is 1.44 bits per heavy atom. The topological polar surface area (TPSA) is 17.1 Å². The summed E-state index contributed by atoms with van der Waals surface area (Å²) in [4.78, 5) is 10.6. The number of hydrogen-bond acceptors (Lipinski definition) is 2. The molecule has 15 heteroatoms. The van der Waals surface area contributed by atoms with Crippen molar-refractivity contribution in [3.8, 4) is 0 Å². The molecule has 27 heavy (non-hydrogen) atoms.